The fourth-order valence-electron chi connectivity index (χ4n) is 2.18. The number of aromatic amines is 1. The number of nitrogens with zero attached hydrogens (tertiary/aromatic N) is 3. The van der Waals surface area contributed by atoms with Crippen LogP contribution in [0.25, 0.3) is 0 Å². The van der Waals surface area contributed by atoms with Crippen LogP contribution in [-0.2, 0) is 11.3 Å². The highest BCUT2D eigenvalue weighted by molar-refractivity contribution is 5.83. The molecule has 0 atom stereocenters. The van der Waals surface area contributed by atoms with Gasteiger partial charge >= 0.3 is 0 Å². The zero-order chi connectivity index (χ0) is 11.4. The van der Waals surface area contributed by atoms with Crippen molar-refractivity contribution >= 4 is 5.91 Å². The van der Waals surface area contributed by atoms with Gasteiger partial charge in [-0.3, -0.25) is 4.79 Å². The average Bonchev–Trinajstić information content (AvgIpc) is 2.97. The minimum atomic E-state index is -0.371. The molecule has 0 spiro atoms. The Morgan fingerprint density at radius 1 is 1.50 bits per heavy atom. The number of hydrogen-bond donors (Lipinski definition) is 3. The molecule has 16 heavy (non-hydrogen) atoms. The van der Waals surface area contributed by atoms with E-state index in [1.54, 1.807) is 0 Å². The van der Waals surface area contributed by atoms with Crippen LogP contribution in [0.4, 0.5) is 0 Å². The van der Waals surface area contributed by atoms with Gasteiger partial charge in [0.05, 0.1) is 12.0 Å². The van der Waals surface area contributed by atoms with Gasteiger partial charge in [-0.05, 0) is 12.8 Å². The Hall–Kier alpha value is -1.50. The van der Waals surface area contributed by atoms with Gasteiger partial charge in [0.15, 0.2) is 5.82 Å². The van der Waals surface area contributed by atoms with Crippen LogP contribution in [0.15, 0.2) is 0 Å². The highest BCUT2D eigenvalue weighted by Gasteiger charge is 2.39. The van der Waals surface area contributed by atoms with E-state index in [1.807, 2.05) is 0 Å². The molecule has 1 saturated carbocycles. The van der Waals surface area contributed by atoms with Crippen LogP contribution in [-0.4, -0.2) is 33.1 Å². The summed E-state index contributed by atoms with van der Waals surface area (Å²) in [5.74, 6) is 0.496. The largest absolute Gasteiger partial charge is 0.348 e. The Kier molecular flexibility index (Phi) is 3.14. The summed E-state index contributed by atoms with van der Waals surface area (Å²) in [6, 6.07) is 0. The lowest BCUT2D eigenvalue weighted by Gasteiger charge is -2.25. The van der Waals surface area contributed by atoms with E-state index < -0.39 is 0 Å². The van der Waals surface area contributed by atoms with Crippen molar-refractivity contribution in [3.05, 3.63) is 5.82 Å². The van der Waals surface area contributed by atoms with Crippen LogP contribution in [0.3, 0.4) is 0 Å². The second kappa shape index (κ2) is 4.56. The third-order valence-corrected chi connectivity index (χ3v) is 3.23. The van der Waals surface area contributed by atoms with E-state index in [0.717, 1.165) is 25.7 Å². The van der Waals surface area contributed by atoms with E-state index in [9.17, 15) is 4.79 Å². The van der Waals surface area contributed by atoms with Crippen molar-refractivity contribution in [1.29, 1.82) is 0 Å². The van der Waals surface area contributed by atoms with Gasteiger partial charge in [0.25, 0.3) is 0 Å². The highest BCUT2D eigenvalue weighted by atomic mass is 16.2. The van der Waals surface area contributed by atoms with Gasteiger partial charge < -0.3 is 11.1 Å². The first-order chi connectivity index (χ1) is 7.77. The molecular weight excluding hydrogens is 208 g/mol. The number of aromatic nitrogens is 4. The summed E-state index contributed by atoms with van der Waals surface area (Å²) in [6.45, 7) is 0.710. The van der Waals surface area contributed by atoms with E-state index >= 15 is 0 Å². The summed E-state index contributed by atoms with van der Waals surface area (Å²) < 4.78 is 0. The fraction of sp³-hybridized carbons (Fsp3) is 0.778. The van der Waals surface area contributed by atoms with Gasteiger partial charge in [0.2, 0.25) is 5.91 Å². The number of hydrogen-bond acceptors (Lipinski definition) is 5. The molecule has 88 valence electrons. The summed E-state index contributed by atoms with van der Waals surface area (Å²) >= 11 is 0. The Labute approximate surface area is 93.2 Å². The van der Waals surface area contributed by atoms with Crippen molar-refractivity contribution in [3.8, 4) is 0 Å². The van der Waals surface area contributed by atoms with E-state index in [0.29, 0.717) is 18.9 Å². The standard InChI is InChI=1S/C9H16N6O/c10-6-9(3-1-2-4-9)8(16)11-5-7-12-14-15-13-7/h1-6,10H2,(H,11,16)(H,12,13,14,15). The van der Waals surface area contributed by atoms with Crippen molar-refractivity contribution in [3.63, 3.8) is 0 Å². The molecule has 1 aromatic rings. The molecule has 1 heterocycles. The van der Waals surface area contributed by atoms with Gasteiger partial charge in [0.1, 0.15) is 0 Å². The Morgan fingerprint density at radius 3 is 2.81 bits per heavy atom. The van der Waals surface area contributed by atoms with Crippen LogP contribution >= 0.6 is 0 Å². The van der Waals surface area contributed by atoms with Crippen LogP contribution < -0.4 is 11.1 Å². The molecule has 4 N–H and O–H groups in total. The first kappa shape index (κ1) is 11.0. The molecule has 1 aromatic heterocycles. The summed E-state index contributed by atoms with van der Waals surface area (Å²) in [4.78, 5) is 12.0. The minimum Gasteiger partial charge on any atom is -0.348 e. The van der Waals surface area contributed by atoms with E-state index in [-0.39, 0.29) is 11.3 Å². The minimum absolute atomic E-state index is 0.0114. The van der Waals surface area contributed by atoms with Crippen LogP contribution in [0.1, 0.15) is 31.5 Å². The average molecular weight is 224 g/mol. The predicted octanol–water partition coefficient (Wildman–Crippen LogP) is -0.665. The van der Waals surface area contributed by atoms with Crippen molar-refractivity contribution in [2.45, 2.75) is 32.2 Å². The molecule has 0 aliphatic heterocycles. The molecule has 0 aromatic carbocycles. The molecule has 1 fully saturated rings. The molecule has 0 bridgehead atoms. The number of nitrogens with one attached hydrogen (secondary N) is 2. The summed E-state index contributed by atoms with van der Waals surface area (Å²) in [5, 5.41) is 16.1. The summed E-state index contributed by atoms with van der Waals surface area (Å²) in [6.07, 6.45) is 3.91. The Morgan fingerprint density at radius 2 is 2.25 bits per heavy atom. The monoisotopic (exact) mass is 224 g/mol. The van der Waals surface area contributed by atoms with E-state index in [4.69, 9.17) is 5.73 Å². The van der Waals surface area contributed by atoms with Crippen molar-refractivity contribution in [2.75, 3.05) is 6.54 Å². The highest BCUT2D eigenvalue weighted by Crippen LogP contribution is 2.37. The molecule has 7 nitrogen and oxygen atoms in total. The van der Waals surface area contributed by atoms with Crippen LogP contribution in [0, 0.1) is 5.41 Å². The zero-order valence-electron chi connectivity index (χ0n) is 9.07. The van der Waals surface area contributed by atoms with Crippen LogP contribution in [0.5, 0.6) is 0 Å². The molecule has 7 heteroatoms. The fourth-order valence-corrected chi connectivity index (χ4v) is 2.18. The number of H-pyrrole nitrogens is 1. The zero-order valence-corrected chi connectivity index (χ0v) is 9.07. The van der Waals surface area contributed by atoms with Crippen LogP contribution in [0.2, 0.25) is 0 Å². The third-order valence-electron chi connectivity index (χ3n) is 3.23. The third kappa shape index (κ3) is 2.04. The Balaban J connectivity index is 1.91. The second-order valence-corrected chi connectivity index (χ2v) is 4.20. The number of amides is 1. The van der Waals surface area contributed by atoms with Crippen molar-refractivity contribution in [1.82, 2.24) is 25.9 Å². The van der Waals surface area contributed by atoms with Gasteiger partial charge in [-0.1, -0.05) is 18.1 Å². The lowest BCUT2D eigenvalue weighted by Crippen LogP contribution is -2.44. The molecule has 0 unspecified atom stereocenters. The first-order valence-corrected chi connectivity index (χ1v) is 5.47. The number of rotatable bonds is 4. The number of carbonyl (C=O) groups excluding carboxylic acids is 1. The van der Waals surface area contributed by atoms with Gasteiger partial charge in [0, 0.05) is 6.54 Å². The molecule has 0 radical (unpaired) electrons. The predicted molar refractivity (Wildman–Crippen MR) is 56.0 cm³/mol. The lowest BCUT2D eigenvalue weighted by atomic mass is 9.85. The molecule has 2 rings (SSSR count). The van der Waals surface area contributed by atoms with Crippen molar-refractivity contribution < 1.29 is 4.79 Å². The second-order valence-electron chi connectivity index (χ2n) is 4.20. The molecule has 0 saturated heterocycles. The Bertz CT molecular complexity index is 343. The number of tetrazole rings is 1. The summed E-state index contributed by atoms with van der Waals surface area (Å²) in [5.41, 5.74) is 5.34. The quantitative estimate of drug-likeness (QED) is 0.628. The SMILES string of the molecule is NCC1(C(=O)NCc2nn[nH]n2)CCCC1. The number of nitrogens with two attached hydrogens (primary N) is 1. The lowest BCUT2D eigenvalue weighted by molar-refractivity contribution is -0.130. The first-order valence-electron chi connectivity index (χ1n) is 5.47. The molecule has 1 amide bonds. The maximum atomic E-state index is 12.0. The topological polar surface area (TPSA) is 110 Å². The molecule has 1 aliphatic carbocycles. The summed E-state index contributed by atoms with van der Waals surface area (Å²) in [7, 11) is 0. The smallest absolute Gasteiger partial charge is 0.227 e. The maximum Gasteiger partial charge on any atom is 0.227 e. The normalized spacial score (nSPS) is 18.6. The number of carbonyl (C=O) groups is 1. The van der Waals surface area contributed by atoms with Gasteiger partial charge in [-0.2, -0.15) is 5.21 Å². The maximum absolute atomic E-state index is 12.0. The van der Waals surface area contributed by atoms with Crippen molar-refractivity contribution in [2.24, 2.45) is 11.1 Å². The van der Waals surface area contributed by atoms with Gasteiger partial charge in [-0.25, -0.2) is 0 Å². The van der Waals surface area contributed by atoms with Gasteiger partial charge in [-0.15, -0.1) is 10.2 Å². The van der Waals surface area contributed by atoms with E-state index in [2.05, 4.69) is 25.9 Å². The molecular formula is C9H16N6O. The van der Waals surface area contributed by atoms with E-state index in [1.165, 1.54) is 0 Å². The molecule has 1 aliphatic rings.